The van der Waals surface area contributed by atoms with Crippen molar-refractivity contribution in [3.63, 3.8) is 0 Å². The highest BCUT2D eigenvalue weighted by Crippen LogP contribution is 2.19. The van der Waals surface area contributed by atoms with Gasteiger partial charge in [0.25, 0.3) is 0 Å². The van der Waals surface area contributed by atoms with Gasteiger partial charge in [0, 0.05) is 38.6 Å². The zero-order valence-electron chi connectivity index (χ0n) is 15.0. The minimum Gasteiger partial charge on any atom is -0.444 e. The quantitative estimate of drug-likeness (QED) is 0.822. The van der Waals surface area contributed by atoms with Gasteiger partial charge in [0.2, 0.25) is 0 Å². The van der Waals surface area contributed by atoms with Gasteiger partial charge in [0.1, 0.15) is 10.6 Å². The van der Waals surface area contributed by atoms with Crippen LogP contribution in [0.5, 0.6) is 0 Å². The number of hydrogen-bond acceptors (Lipinski definition) is 6. The summed E-state index contributed by atoms with van der Waals surface area (Å²) in [5.74, 6) is 0.445. The SMILES string of the molecule is CSc1nccnc1CNCC1CCCN(C(=O)OC(C)(C)C)C1. The first kappa shape index (κ1) is 19.0. The molecule has 1 saturated heterocycles. The minimum absolute atomic E-state index is 0.203. The van der Waals surface area contributed by atoms with Gasteiger partial charge in [-0.15, -0.1) is 11.8 Å². The smallest absolute Gasteiger partial charge is 0.410 e. The van der Waals surface area contributed by atoms with E-state index in [-0.39, 0.29) is 6.09 Å². The van der Waals surface area contributed by atoms with Crippen LogP contribution in [0.25, 0.3) is 0 Å². The molecule has 2 rings (SSSR count). The van der Waals surface area contributed by atoms with Gasteiger partial charge < -0.3 is 15.0 Å². The first-order chi connectivity index (χ1) is 11.4. The van der Waals surface area contributed by atoms with Crippen molar-refractivity contribution in [3.05, 3.63) is 18.1 Å². The van der Waals surface area contributed by atoms with Crippen LogP contribution in [0.4, 0.5) is 4.79 Å². The molecule has 0 saturated carbocycles. The molecule has 1 fully saturated rings. The third kappa shape index (κ3) is 5.94. The number of ether oxygens (including phenoxy) is 1. The Kier molecular flexibility index (Phi) is 6.86. The number of aromatic nitrogens is 2. The van der Waals surface area contributed by atoms with Crippen LogP contribution < -0.4 is 5.32 Å². The lowest BCUT2D eigenvalue weighted by molar-refractivity contribution is 0.0166. The number of likely N-dealkylation sites (tertiary alicyclic amines) is 1. The number of piperidine rings is 1. The van der Waals surface area contributed by atoms with Crippen molar-refractivity contribution in [2.24, 2.45) is 5.92 Å². The highest BCUT2D eigenvalue weighted by molar-refractivity contribution is 7.98. The highest BCUT2D eigenvalue weighted by atomic mass is 32.2. The summed E-state index contributed by atoms with van der Waals surface area (Å²) >= 11 is 1.61. The molecule has 2 heterocycles. The molecule has 0 aliphatic carbocycles. The Morgan fingerprint density at radius 1 is 1.42 bits per heavy atom. The summed E-state index contributed by atoms with van der Waals surface area (Å²) in [5.41, 5.74) is 0.535. The van der Waals surface area contributed by atoms with Crippen LogP contribution in [-0.2, 0) is 11.3 Å². The summed E-state index contributed by atoms with van der Waals surface area (Å²) < 4.78 is 5.48. The molecule has 134 valence electrons. The van der Waals surface area contributed by atoms with Crippen LogP contribution in [0.1, 0.15) is 39.3 Å². The highest BCUT2D eigenvalue weighted by Gasteiger charge is 2.27. The molecule has 1 N–H and O–H groups in total. The molecule has 1 aromatic heterocycles. The summed E-state index contributed by atoms with van der Waals surface area (Å²) in [6, 6.07) is 0. The van der Waals surface area contributed by atoms with Gasteiger partial charge in [-0.3, -0.25) is 4.98 Å². The first-order valence-electron chi connectivity index (χ1n) is 8.41. The monoisotopic (exact) mass is 352 g/mol. The third-order valence-corrected chi connectivity index (χ3v) is 4.55. The molecule has 24 heavy (non-hydrogen) atoms. The molecule has 1 unspecified atom stereocenters. The Balaban J connectivity index is 1.80. The van der Waals surface area contributed by atoms with Crippen molar-refractivity contribution in [3.8, 4) is 0 Å². The third-order valence-electron chi connectivity index (χ3n) is 3.83. The maximum Gasteiger partial charge on any atom is 0.410 e. The van der Waals surface area contributed by atoms with E-state index in [2.05, 4.69) is 15.3 Å². The summed E-state index contributed by atoms with van der Waals surface area (Å²) in [7, 11) is 0. The fraction of sp³-hybridized carbons (Fsp3) is 0.706. The predicted molar refractivity (Wildman–Crippen MR) is 96.1 cm³/mol. The molecule has 1 aliphatic rings. The molecule has 1 amide bonds. The van der Waals surface area contributed by atoms with E-state index in [0.29, 0.717) is 12.5 Å². The van der Waals surface area contributed by atoms with Crippen molar-refractivity contribution < 1.29 is 9.53 Å². The molecule has 0 aromatic carbocycles. The molecule has 1 aliphatic heterocycles. The van der Waals surface area contributed by atoms with Gasteiger partial charge in [0.15, 0.2) is 0 Å². The number of thioether (sulfide) groups is 1. The van der Waals surface area contributed by atoms with E-state index in [1.165, 1.54) is 0 Å². The van der Waals surface area contributed by atoms with Crippen molar-refractivity contribution in [1.82, 2.24) is 20.2 Å². The number of amides is 1. The number of nitrogens with zero attached hydrogens (tertiary/aromatic N) is 3. The Bertz CT molecular complexity index is 548. The molecular weight excluding hydrogens is 324 g/mol. The Morgan fingerprint density at radius 2 is 2.17 bits per heavy atom. The van der Waals surface area contributed by atoms with Gasteiger partial charge in [-0.2, -0.15) is 0 Å². The lowest BCUT2D eigenvalue weighted by Gasteiger charge is -2.34. The molecule has 0 bridgehead atoms. The molecule has 1 aromatic rings. The lowest BCUT2D eigenvalue weighted by atomic mass is 9.98. The van der Waals surface area contributed by atoms with Gasteiger partial charge in [-0.05, 0) is 45.8 Å². The van der Waals surface area contributed by atoms with Gasteiger partial charge in [-0.1, -0.05) is 0 Å². The van der Waals surface area contributed by atoms with Crippen LogP contribution in [0.3, 0.4) is 0 Å². The zero-order chi connectivity index (χ0) is 17.6. The summed E-state index contributed by atoms with van der Waals surface area (Å²) in [6.07, 6.45) is 7.39. The van der Waals surface area contributed by atoms with Crippen LogP contribution in [0, 0.1) is 5.92 Å². The number of hydrogen-bond donors (Lipinski definition) is 1. The van der Waals surface area contributed by atoms with Crippen molar-refractivity contribution in [1.29, 1.82) is 0 Å². The summed E-state index contributed by atoms with van der Waals surface area (Å²) in [6.45, 7) is 8.80. The fourth-order valence-electron chi connectivity index (χ4n) is 2.76. The van der Waals surface area contributed by atoms with Crippen molar-refractivity contribution in [2.75, 3.05) is 25.9 Å². The van der Waals surface area contributed by atoms with E-state index in [1.807, 2.05) is 31.9 Å². The second-order valence-corrected chi connectivity index (χ2v) is 7.87. The van der Waals surface area contributed by atoms with Crippen LogP contribution >= 0.6 is 11.8 Å². The Morgan fingerprint density at radius 3 is 2.88 bits per heavy atom. The maximum absolute atomic E-state index is 12.2. The lowest BCUT2D eigenvalue weighted by Crippen LogP contribution is -2.45. The fourth-order valence-corrected chi connectivity index (χ4v) is 3.29. The molecule has 6 nitrogen and oxygen atoms in total. The van der Waals surface area contributed by atoms with Gasteiger partial charge in [-0.25, -0.2) is 9.78 Å². The maximum atomic E-state index is 12.2. The van der Waals surface area contributed by atoms with Crippen molar-refractivity contribution in [2.45, 2.75) is 50.8 Å². The number of carbonyl (C=O) groups excluding carboxylic acids is 1. The summed E-state index contributed by atoms with van der Waals surface area (Å²) in [4.78, 5) is 22.7. The van der Waals surface area contributed by atoms with E-state index in [9.17, 15) is 4.79 Å². The van der Waals surface area contributed by atoms with E-state index in [0.717, 1.165) is 43.2 Å². The molecule has 1 atom stereocenters. The van der Waals surface area contributed by atoms with E-state index < -0.39 is 5.60 Å². The van der Waals surface area contributed by atoms with Crippen LogP contribution in [0.2, 0.25) is 0 Å². The summed E-state index contributed by atoms with van der Waals surface area (Å²) in [5, 5.41) is 4.42. The molecule has 7 heteroatoms. The van der Waals surface area contributed by atoms with Crippen molar-refractivity contribution >= 4 is 17.9 Å². The average Bonchev–Trinajstić information content (AvgIpc) is 2.54. The Labute approximate surface area is 148 Å². The molecule has 0 spiro atoms. The first-order valence-corrected chi connectivity index (χ1v) is 9.64. The molecular formula is C17H28N4O2S. The molecule has 0 radical (unpaired) electrons. The van der Waals surface area contributed by atoms with Crippen LogP contribution in [-0.4, -0.2) is 52.5 Å². The standard InChI is InChI=1S/C17H28N4O2S/c1-17(2,3)23-16(22)21-9-5-6-13(12-21)10-18-11-14-15(24-4)20-8-7-19-14/h7-8,13,18H,5-6,9-12H2,1-4H3. The van der Waals surface area contributed by atoms with Gasteiger partial charge in [0.05, 0.1) is 5.69 Å². The second kappa shape index (κ2) is 8.67. The minimum atomic E-state index is -0.442. The van der Waals surface area contributed by atoms with E-state index in [1.54, 1.807) is 24.2 Å². The number of carbonyl (C=O) groups is 1. The zero-order valence-corrected chi connectivity index (χ0v) is 15.9. The van der Waals surface area contributed by atoms with Gasteiger partial charge >= 0.3 is 6.09 Å². The largest absolute Gasteiger partial charge is 0.444 e. The predicted octanol–water partition coefficient (Wildman–Crippen LogP) is 2.94. The second-order valence-electron chi connectivity index (χ2n) is 7.08. The average molecular weight is 353 g/mol. The van der Waals surface area contributed by atoms with E-state index >= 15 is 0 Å². The number of rotatable bonds is 5. The number of nitrogens with one attached hydrogen (secondary N) is 1. The Hall–Kier alpha value is -1.34. The normalized spacial score (nSPS) is 18.5. The topological polar surface area (TPSA) is 67.4 Å². The van der Waals surface area contributed by atoms with Crippen LogP contribution in [0.15, 0.2) is 17.4 Å². The van der Waals surface area contributed by atoms with E-state index in [4.69, 9.17) is 4.74 Å².